The second-order valence-corrected chi connectivity index (χ2v) is 6.33. The molecule has 0 spiro atoms. The van der Waals surface area contributed by atoms with E-state index in [-0.39, 0.29) is 36.2 Å². The normalized spacial score (nSPS) is 41.4. The van der Waals surface area contributed by atoms with Gasteiger partial charge in [-0.3, -0.25) is 4.79 Å². The standard InChI is InChI=1S/C15H24O3/c1-10-4-3-5-11(8-16)14(18)6-13-12(10)7-15(13,2)9-17/h11-13,16-17H,1,3-9H2,2H3/t11?,12?,13-,15-/m1/s1. The van der Waals surface area contributed by atoms with Gasteiger partial charge < -0.3 is 10.2 Å². The molecule has 0 heterocycles. The zero-order valence-electron chi connectivity index (χ0n) is 11.2. The molecular weight excluding hydrogens is 228 g/mol. The van der Waals surface area contributed by atoms with Crippen LogP contribution in [0.1, 0.15) is 39.0 Å². The lowest BCUT2D eigenvalue weighted by atomic mass is 9.51. The summed E-state index contributed by atoms with van der Waals surface area (Å²) >= 11 is 0. The topological polar surface area (TPSA) is 57.5 Å². The highest BCUT2D eigenvalue weighted by Gasteiger charge is 2.51. The molecule has 2 aliphatic rings. The molecule has 18 heavy (non-hydrogen) atoms. The molecular formula is C15H24O3. The summed E-state index contributed by atoms with van der Waals surface area (Å²) in [7, 11) is 0. The molecule has 0 amide bonds. The van der Waals surface area contributed by atoms with Crippen molar-refractivity contribution in [3.05, 3.63) is 12.2 Å². The monoisotopic (exact) mass is 252 g/mol. The minimum atomic E-state index is -0.208. The first-order valence-corrected chi connectivity index (χ1v) is 6.94. The number of aliphatic hydroxyl groups excluding tert-OH is 2. The molecule has 0 bridgehead atoms. The summed E-state index contributed by atoms with van der Waals surface area (Å²) in [6.07, 6.45) is 4.10. The molecule has 0 aromatic heterocycles. The van der Waals surface area contributed by atoms with Crippen molar-refractivity contribution in [2.45, 2.75) is 39.0 Å². The van der Waals surface area contributed by atoms with Crippen molar-refractivity contribution >= 4 is 5.78 Å². The van der Waals surface area contributed by atoms with Gasteiger partial charge >= 0.3 is 0 Å². The number of aliphatic hydroxyl groups is 2. The average Bonchev–Trinajstić information content (AvgIpc) is 2.40. The molecule has 4 atom stereocenters. The molecule has 2 saturated carbocycles. The van der Waals surface area contributed by atoms with Crippen molar-refractivity contribution < 1.29 is 15.0 Å². The van der Waals surface area contributed by atoms with E-state index in [4.69, 9.17) is 0 Å². The summed E-state index contributed by atoms with van der Waals surface area (Å²) in [5.41, 5.74) is 1.10. The third-order valence-corrected chi connectivity index (χ3v) is 5.10. The molecule has 0 aromatic carbocycles. The number of ketones is 1. The highest BCUT2D eigenvalue weighted by atomic mass is 16.3. The third kappa shape index (κ3) is 2.26. The van der Waals surface area contributed by atoms with Gasteiger partial charge in [0.15, 0.2) is 0 Å². The first-order chi connectivity index (χ1) is 8.51. The second kappa shape index (κ2) is 5.14. The van der Waals surface area contributed by atoms with Crippen molar-refractivity contribution in [1.82, 2.24) is 0 Å². The van der Waals surface area contributed by atoms with Crippen molar-refractivity contribution in [3.63, 3.8) is 0 Å². The van der Waals surface area contributed by atoms with E-state index in [1.54, 1.807) is 0 Å². The highest BCUT2D eigenvalue weighted by molar-refractivity contribution is 5.81. The summed E-state index contributed by atoms with van der Waals surface area (Å²) in [6, 6.07) is 0. The maximum atomic E-state index is 12.2. The van der Waals surface area contributed by atoms with E-state index >= 15 is 0 Å². The first-order valence-electron chi connectivity index (χ1n) is 6.94. The fourth-order valence-corrected chi connectivity index (χ4v) is 3.62. The quantitative estimate of drug-likeness (QED) is 0.738. The zero-order valence-corrected chi connectivity index (χ0v) is 11.2. The van der Waals surface area contributed by atoms with E-state index in [9.17, 15) is 15.0 Å². The molecule has 0 aromatic rings. The van der Waals surface area contributed by atoms with Gasteiger partial charge in [-0.25, -0.2) is 0 Å². The summed E-state index contributed by atoms with van der Waals surface area (Å²) in [4.78, 5) is 12.2. The van der Waals surface area contributed by atoms with Gasteiger partial charge in [0, 0.05) is 18.9 Å². The lowest BCUT2D eigenvalue weighted by Crippen LogP contribution is -2.50. The SMILES string of the molecule is C=C1CCCC(CO)C(=O)C[C@@H]2C1C[C@]2(C)CO. The van der Waals surface area contributed by atoms with Crippen LogP contribution in [0, 0.1) is 23.2 Å². The van der Waals surface area contributed by atoms with E-state index in [0.717, 1.165) is 25.7 Å². The fourth-order valence-electron chi connectivity index (χ4n) is 3.62. The van der Waals surface area contributed by atoms with Crippen LogP contribution < -0.4 is 0 Å². The van der Waals surface area contributed by atoms with Crippen molar-refractivity contribution in [1.29, 1.82) is 0 Å². The third-order valence-electron chi connectivity index (χ3n) is 5.10. The van der Waals surface area contributed by atoms with Gasteiger partial charge in [-0.05, 0) is 42.9 Å². The Morgan fingerprint density at radius 2 is 2.17 bits per heavy atom. The molecule has 2 rings (SSSR count). The van der Waals surface area contributed by atoms with Gasteiger partial charge in [-0.15, -0.1) is 0 Å². The molecule has 2 aliphatic carbocycles. The lowest BCUT2D eigenvalue weighted by molar-refractivity contribution is -0.131. The van der Waals surface area contributed by atoms with Crippen LogP contribution in [0.4, 0.5) is 0 Å². The Balaban J connectivity index is 2.17. The van der Waals surface area contributed by atoms with Crippen LogP contribution in [0.25, 0.3) is 0 Å². The van der Waals surface area contributed by atoms with Crippen LogP contribution in [-0.4, -0.2) is 29.2 Å². The predicted octanol–water partition coefficient (Wildman–Crippen LogP) is 1.93. The summed E-state index contributed by atoms with van der Waals surface area (Å²) < 4.78 is 0. The smallest absolute Gasteiger partial charge is 0.138 e. The second-order valence-electron chi connectivity index (χ2n) is 6.33. The lowest BCUT2D eigenvalue weighted by Gasteiger charge is -2.53. The average molecular weight is 252 g/mol. The Bertz CT molecular complexity index is 350. The molecule has 3 nitrogen and oxygen atoms in total. The van der Waals surface area contributed by atoms with E-state index < -0.39 is 0 Å². The maximum absolute atomic E-state index is 12.2. The highest BCUT2D eigenvalue weighted by Crippen LogP contribution is 2.56. The minimum absolute atomic E-state index is 0.0431. The van der Waals surface area contributed by atoms with Gasteiger partial charge in [0.1, 0.15) is 5.78 Å². The van der Waals surface area contributed by atoms with Crippen LogP contribution in [0.2, 0.25) is 0 Å². The molecule has 2 N–H and O–H groups in total. The van der Waals surface area contributed by atoms with Crippen LogP contribution in [0.3, 0.4) is 0 Å². The minimum Gasteiger partial charge on any atom is -0.396 e. The van der Waals surface area contributed by atoms with Gasteiger partial charge in [0.05, 0.1) is 6.61 Å². The van der Waals surface area contributed by atoms with Crippen molar-refractivity contribution in [2.75, 3.05) is 13.2 Å². The van der Waals surface area contributed by atoms with Gasteiger partial charge in [0.25, 0.3) is 0 Å². The molecule has 102 valence electrons. The molecule has 0 saturated heterocycles. The number of carbonyl (C=O) groups is 1. The molecule has 2 unspecified atom stereocenters. The number of Topliss-reactive ketones (excluding diaryl/α,β-unsaturated/α-hetero) is 1. The maximum Gasteiger partial charge on any atom is 0.138 e. The fraction of sp³-hybridized carbons (Fsp3) is 0.800. The molecule has 3 heteroatoms. The van der Waals surface area contributed by atoms with Crippen LogP contribution >= 0.6 is 0 Å². The number of rotatable bonds is 2. The Kier molecular flexibility index (Phi) is 3.93. The van der Waals surface area contributed by atoms with E-state index in [0.29, 0.717) is 12.3 Å². The predicted molar refractivity (Wildman–Crippen MR) is 70.0 cm³/mol. The van der Waals surface area contributed by atoms with Gasteiger partial charge in [0.2, 0.25) is 0 Å². The van der Waals surface area contributed by atoms with Crippen LogP contribution in [-0.2, 0) is 4.79 Å². The first kappa shape index (κ1) is 13.8. The molecule has 0 radical (unpaired) electrons. The Morgan fingerprint density at radius 1 is 1.44 bits per heavy atom. The Morgan fingerprint density at radius 3 is 2.78 bits per heavy atom. The Labute approximate surface area is 109 Å². The number of hydrogen-bond acceptors (Lipinski definition) is 3. The Hall–Kier alpha value is -0.670. The largest absolute Gasteiger partial charge is 0.396 e. The van der Waals surface area contributed by atoms with Crippen LogP contribution in [0.15, 0.2) is 12.2 Å². The molecule has 2 fully saturated rings. The molecule has 0 aliphatic heterocycles. The summed E-state index contributed by atoms with van der Waals surface area (Å²) in [5, 5.41) is 18.8. The number of allylic oxidation sites excluding steroid dienone is 1. The van der Waals surface area contributed by atoms with Crippen molar-refractivity contribution in [3.8, 4) is 0 Å². The summed E-state index contributed by atoms with van der Waals surface area (Å²) in [5.74, 6) is 0.569. The van der Waals surface area contributed by atoms with Gasteiger partial charge in [-0.1, -0.05) is 19.1 Å². The van der Waals surface area contributed by atoms with E-state index in [2.05, 4.69) is 13.5 Å². The number of carbonyl (C=O) groups excluding carboxylic acids is 1. The number of hydrogen-bond donors (Lipinski definition) is 2. The van der Waals surface area contributed by atoms with Gasteiger partial charge in [-0.2, -0.15) is 0 Å². The number of fused-ring (bicyclic) bond motifs is 1. The zero-order chi connectivity index (χ0) is 13.3. The van der Waals surface area contributed by atoms with E-state index in [1.165, 1.54) is 5.57 Å². The summed E-state index contributed by atoms with van der Waals surface area (Å²) in [6.45, 7) is 6.31. The van der Waals surface area contributed by atoms with Crippen LogP contribution in [0.5, 0.6) is 0 Å². The van der Waals surface area contributed by atoms with E-state index in [1.807, 2.05) is 0 Å². The van der Waals surface area contributed by atoms with Crippen molar-refractivity contribution in [2.24, 2.45) is 23.2 Å².